The Morgan fingerprint density at radius 2 is 1.12 bits per heavy atom. The summed E-state index contributed by atoms with van der Waals surface area (Å²) in [7, 11) is 1.43. The Bertz CT molecular complexity index is 1060. The van der Waals surface area contributed by atoms with Gasteiger partial charge in [0.2, 0.25) is 0 Å². The number of hydrogen-bond acceptors (Lipinski definition) is 7. The maximum Gasteiger partial charge on any atom is 0.472 e. The second-order valence-corrected chi connectivity index (χ2v) is 15.4. The SMILES string of the molecule is CC/C=C\C/C=C\C/C=C\C/C=C\C/C=C\CCCC(=O)O[C@H](COC(=O)CCCCCCCCCCCC)COP(=O)(O)OCC[N+](C)(C)C. The van der Waals surface area contributed by atoms with Crippen LogP contribution in [0.1, 0.15) is 136 Å². The maximum atomic E-state index is 12.6. The molecule has 2 atom stereocenters. The first kappa shape index (κ1) is 48.7. The Morgan fingerprint density at radius 1 is 0.627 bits per heavy atom. The molecule has 0 aromatic heterocycles. The molecule has 0 radical (unpaired) electrons. The van der Waals surface area contributed by atoms with Crippen molar-refractivity contribution in [1.82, 2.24) is 0 Å². The van der Waals surface area contributed by atoms with Gasteiger partial charge >= 0.3 is 19.8 Å². The summed E-state index contributed by atoms with van der Waals surface area (Å²) in [6, 6.07) is 0. The largest absolute Gasteiger partial charge is 0.472 e. The van der Waals surface area contributed by atoms with Gasteiger partial charge in [-0.2, -0.15) is 0 Å². The lowest BCUT2D eigenvalue weighted by Crippen LogP contribution is -2.37. The van der Waals surface area contributed by atoms with E-state index in [1.807, 2.05) is 27.2 Å². The molecule has 9 nitrogen and oxygen atoms in total. The predicted octanol–water partition coefficient (Wildman–Crippen LogP) is 10.5. The van der Waals surface area contributed by atoms with Crippen LogP contribution in [0, 0.1) is 0 Å². The van der Waals surface area contributed by atoms with Gasteiger partial charge < -0.3 is 18.9 Å². The van der Waals surface area contributed by atoms with E-state index in [4.69, 9.17) is 18.5 Å². The molecule has 0 aliphatic carbocycles. The van der Waals surface area contributed by atoms with Gasteiger partial charge in [-0.15, -0.1) is 0 Å². The smallest absolute Gasteiger partial charge is 0.462 e. The number of phosphoric acid groups is 1. The van der Waals surface area contributed by atoms with Crippen LogP contribution in [0.4, 0.5) is 0 Å². The number of carbonyl (C=O) groups excluding carboxylic acids is 2. The van der Waals surface area contributed by atoms with Crippen molar-refractivity contribution in [2.24, 2.45) is 0 Å². The number of phosphoric ester groups is 1. The quantitative estimate of drug-likeness (QED) is 0.0229. The molecule has 0 saturated carbocycles. The van der Waals surface area contributed by atoms with Crippen molar-refractivity contribution in [1.29, 1.82) is 0 Å². The predicted molar refractivity (Wildman–Crippen MR) is 210 cm³/mol. The van der Waals surface area contributed by atoms with E-state index in [0.717, 1.165) is 51.4 Å². The summed E-state index contributed by atoms with van der Waals surface area (Å²) in [5, 5.41) is 0. The fourth-order valence-electron chi connectivity index (χ4n) is 4.75. The molecule has 294 valence electrons. The lowest BCUT2D eigenvalue weighted by Gasteiger charge is -2.24. The van der Waals surface area contributed by atoms with Crippen molar-refractivity contribution in [3.8, 4) is 0 Å². The van der Waals surface area contributed by atoms with Crippen molar-refractivity contribution >= 4 is 19.8 Å². The molecule has 0 fully saturated rings. The van der Waals surface area contributed by atoms with Crippen LogP contribution in [0.2, 0.25) is 0 Å². The summed E-state index contributed by atoms with van der Waals surface area (Å²) in [4.78, 5) is 35.1. The molecule has 0 rings (SSSR count). The number of carbonyl (C=O) groups is 2. The summed E-state index contributed by atoms with van der Waals surface area (Å²) in [5.41, 5.74) is 0. The number of ether oxygens (including phenoxy) is 2. The van der Waals surface area contributed by atoms with E-state index in [-0.39, 0.29) is 32.0 Å². The minimum absolute atomic E-state index is 0.0192. The third-order valence-corrected chi connectivity index (χ3v) is 8.80. The van der Waals surface area contributed by atoms with Crippen molar-refractivity contribution in [3.05, 3.63) is 60.8 Å². The fraction of sp³-hybridized carbons (Fsp3) is 0.707. The molecule has 0 heterocycles. The molecule has 0 amide bonds. The average molecular weight is 739 g/mol. The summed E-state index contributed by atoms with van der Waals surface area (Å²) in [6.07, 6.45) is 38.5. The van der Waals surface area contributed by atoms with Gasteiger partial charge in [-0.1, -0.05) is 132 Å². The Balaban J connectivity index is 4.54. The van der Waals surface area contributed by atoms with Crippen molar-refractivity contribution < 1.29 is 42.1 Å². The molecule has 0 spiro atoms. The summed E-state index contributed by atoms with van der Waals surface area (Å²) >= 11 is 0. The highest BCUT2D eigenvalue weighted by atomic mass is 31.2. The molecule has 1 unspecified atom stereocenters. The van der Waals surface area contributed by atoms with Gasteiger partial charge in [0.05, 0.1) is 27.7 Å². The zero-order valence-electron chi connectivity index (χ0n) is 32.8. The van der Waals surface area contributed by atoms with Crippen LogP contribution in [0.15, 0.2) is 60.8 Å². The van der Waals surface area contributed by atoms with Crippen molar-refractivity contribution in [3.63, 3.8) is 0 Å². The first-order valence-electron chi connectivity index (χ1n) is 19.5. The first-order valence-corrected chi connectivity index (χ1v) is 21.0. The Labute approximate surface area is 311 Å². The van der Waals surface area contributed by atoms with Gasteiger partial charge in [0.15, 0.2) is 6.10 Å². The molecule has 0 aromatic carbocycles. The van der Waals surface area contributed by atoms with Crippen LogP contribution in [-0.2, 0) is 32.7 Å². The fourth-order valence-corrected chi connectivity index (χ4v) is 5.49. The minimum Gasteiger partial charge on any atom is -0.462 e. The van der Waals surface area contributed by atoms with E-state index in [1.54, 1.807) is 0 Å². The van der Waals surface area contributed by atoms with Crippen LogP contribution < -0.4 is 0 Å². The van der Waals surface area contributed by atoms with Crippen LogP contribution in [0.25, 0.3) is 0 Å². The Kier molecular flexibility index (Phi) is 32.0. The standard InChI is InChI=1S/C41H72NO8P/c1-6-8-10-12-14-16-18-19-20-21-22-23-24-26-28-30-32-34-41(44)50-39(38-49-51(45,46)48-36-35-42(3,4)5)37-47-40(43)33-31-29-27-25-17-15-13-11-9-7-2/h8,10,14,16,19-20,22-23,26,28,39H,6-7,9,11-13,15,17-18,21,24-25,27,29-38H2,1-5H3/p+1/b10-8-,16-14-,20-19-,23-22-,28-26-/t39-/m1/s1. The first-order chi connectivity index (χ1) is 24.5. The zero-order valence-corrected chi connectivity index (χ0v) is 33.7. The number of allylic oxidation sites excluding steroid dienone is 10. The van der Waals surface area contributed by atoms with E-state index >= 15 is 0 Å². The molecule has 0 saturated heterocycles. The number of quaternary nitrogens is 1. The number of esters is 2. The monoisotopic (exact) mass is 739 g/mol. The van der Waals surface area contributed by atoms with Gasteiger partial charge in [-0.3, -0.25) is 18.6 Å². The number of rotatable bonds is 34. The van der Waals surface area contributed by atoms with E-state index in [1.165, 1.54) is 44.9 Å². The van der Waals surface area contributed by atoms with E-state index in [9.17, 15) is 19.0 Å². The normalized spacial score (nSPS) is 14.4. The number of unbranched alkanes of at least 4 members (excludes halogenated alkanes) is 10. The van der Waals surface area contributed by atoms with E-state index in [2.05, 4.69) is 68.5 Å². The van der Waals surface area contributed by atoms with Gasteiger partial charge in [-0.25, -0.2) is 4.57 Å². The number of hydrogen-bond donors (Lipinski definition) is 1. The number of nitrogens with zero attached hydrogens (tertiary/aromatic N) is 1. The van der Waals surface area contributed by atoms with Crippen molar-refractivity contribution in [2.45, 2.75) is 142 Å². The minimum atomic E-state index is -4.38. The molecular weight excluding hydrogens is 665 g/mol. The van der Waals surface area contributed by atoms with E-state index in [0.29, 0.717) is 23.9 Å². The molecule has 10 heteroatoms. The van der Waals surface area contributed by atoms with Gasteiger partial charge in [0, 0.05) is 12.8 Å². The number of likely N-dealkylation sites (N-methyl/N-ethyl adjacent to an activating group) is 1. The molecule has 0 bridgehead atoms. The summed E-state index contributed by atoms with van der Waals surface area (Å²) in [6.45, 7) is 4.20. The topological polar surface area (TPSA) is 108 Å². The highest BCUT2D eigenvalue weighted by Gasteiger charge is 2.27. The average Bonchev–Trinajstić information content (AvgIpc) is 3.07. The van der Waals surface area contributed by atoms with Gasteiger partial charge in [0.1, 0.15) is 19.8 Å². The van der Waals surface area contributed by atoms with Crippen molar-refractivity contribution in [2.75, 3.05) is 47.5 Å². The summed E-state index contributed by atoms with van der Waals surface area (Å²) in [5.74, 6) is -0.874. The van der Waals surface area contributed by atoms with Crippen LogP contribution in [0.5, 0.6) is 0 Å². The lowest BCUT2D eigenvalue weighted by atomic mass is 10.1. The Morgan fingerprint density at radius 3 is 1.65 bits per heavy atom. The third-order valence-electron chi connectivity index (χ3n) is 7.81. The molecule has 1 N–H and O–H groups in total. The zero-order chi connectivity index (χ0) is 37.9. The van der Waals surface area contributed by atoms with Crippen LogP contribution >= 0.6 is 7.82 Å². The summed E-state index contributed by atoms with van der Waals surface area (Å²) < 4.78 is 34.1. The maximum absolute atomic E-state index is 12.6. The molecule has 0 aliphatic rings. The van der Waals surface area contributed by atoms with Gasteiger partial charge in [-0.05, 0) is 51.4 Å². The van der Waals surface area contributed by atoms with Crippen LogP contribution in [-0.4, -0.2) is 74.9 Å². The van der Waals surface area contributed by atoms with E-state index < -0.39 is 26.5 Å². The Hall–Kier alpha value is -2.29. The molecule has 51 heavy (non-hydrogen) atoms. The molecular formula is C41H73NO8P+. The highest BCUT2D eigenvalue weighted by molar-refractivity contribution is 7.47. The second-order valence-electron chi connectivity index (χ2n) is 13.9. The highest BCUT2D eigenvalue weighted by Crippen LogP contribution is 2.43. The lowest BCUT2D eigenvalue weighted by molar-refractivity contribution is -0.870. The van der Waals surface area contributed by atoms with Crippen LogP contribution in [0.3, 0.4) is 0 Å². The molecule has 0 aliphatic heterocycles. The molecule has 0 aromatic rings. The van der Waals surface area contributed by atoms with Gasteiger partial charge in [0.25, 0.3) is 0 Å². The second kappa shape index (κ2) is 33.5. The third kappa shape index (κ3) is 37.3.